The van der Waals surface area contributed by atoms with Crippen molar-refractivity contribution in [3.05, 3.63) is 23.8 Å². The Labute approximate surface area is 128 Å². The molecule has 0 aromatic heterocycles. The summed E-state index contributed by atoms with van der Waals surface area (Å²) in [6, 6.07) is 5.49. The van der Waals surface area contributed by atoms with Crippen LogP contribution in [0.4, 0.5) is 0 Å². The van der Waals surface area contributed by atoms with E-state index < -0.39 is 0 Å². The quantitative estimate of drug-likeness (QED) is 0.811. The Morgan fingerprint density at radius 1 is 1.29 bits per heavy atom. The molecule has 0 saturated carbocycles. The standard InChI is InChI=1S/C17H28N2O2/c1-13(12-19-8-4-5-9-19)11-18-14(2)16-10-15(21-3)6-7-17(16)20/h6-7,10,13-14,18,20H,4-5,8-9,11-12H2,1-3H3. The fourth-order valence-electron chi connectivity index (χ4n) is 2.96. The number of phenolic OH excluding ortho intramolecular Hbond substituents is 1. The molecule has 1 aromatic carbocycles. The highest BCUT2D eigenvalue weighted by Gasteiger charge is 2.16. The van der Waals surface area contributed by atoms with E-state index in [2.05, 4.69) is 24.1 Å². The van der Waals surface area contributed by atoms with Crippen molar-refractivity contribution >= 4 is 0 Å². The van der Waals surface area contributed by atoms with Crippen molar-refractivity contribution in [2.75, 3.05) is 33.3 Å². The molecule has 2 unspecified atom stereocenters. The van der Waals surface area contributed by atoms with Crippen molar-refractivity contribution in [3.8, 4) is 11.5 Å². The number of methoxy groups -OCH3 is 1. The van der Waals surface area contributed by atoms with Crippen LogP contribution in [0.1, 0.15) is 38.3 Å². The van der Waals surface area contributed by atoms with Crippen LogP contribution in [-0.2, 0) is 0 Å². The van der Waals surface area contributed by atoms with Crippen molar-refractivity contribution < 1.29 is 9.84 Å². The summed E-state index contributed by atoms with van der Waals surface area (Å²) in [5.74, 6) is 1.71. The molecule has 0 aliphatic carbocycles. The van der Waals surface area contributed by atoms with Gasteiger partial charge in [-0.15, -0.1) is 0 Å². The largest absolute Gasteiger partial charge is 0.508 e. The molecule has 0 radical (unpaired) electrons. The van der Waals surface area contributed by atoms with Gasteiger partial charge in [-0.05, 0) is 63.5 Å². The number of aromatic hydroxyl groups is 1. The van der Waals surface area contributed by atoms with E-state index in [0.717, 1.165) is 24.4 Å². The van der Waals surface area contributed by atoms with Crippen LogP contribution in [0, 0.1) is 5.92 Å². The maximum Gasteiger partial charge on any atom is 0.120 e. The van der Waals surface area contributed by atoms with Crippen LogP contribution in [0.25, 0.3) is 0 Å². The predicted octanol–water partition coefficient (Wildman–Crippen LogP) is 2.78. The van der Waals surface area contributed by atoms with Gasteiger partial charge in [0.25, 0.3) is 0 Å². The monoisotopic (exact) mass is 292 g/mol. The molecule has 0 amide bonds. The number of rotatable bonds is 7. The molecule has 1 aromatic rings. The van der Waals surface area contributed by atoms with E-state index in [9.17, 15) is 5.11 Å². The van der Waals surface area contributed by atoms with Crippen LogP contribution < -0.4 is 10.1 Å². The van der Waals surface area contributed by atoms with Crippen LogP contribution >= 0.6 is 0 Å². The first-order valence-corrected chi connectivity index (χ1v) is 7.92. The zero-order valence-electron chi connectivity index (χ0n) is 13.4. The number of likely N-dealkylation sites (tertiary alicyclic amines) is 1. The Kier molecular flexibility index (Phi) is 5.88. The first kappa shape index (κ1) is 16.1. The highest BCUT2D eigenvalue weighted by molar-refractivity contribution is 5.41. The van der Waals surface area contributed by atoms with E-state index in [4.69, 9.17) is 4.74 Å². The van der Waals surface area contributed by atoms with Crippen molar-refractivity contribution in [1.29, 1.82) is 0 Å². The SMILES string of the molecule is COc1ccc(O)c(C(C)NCC(C)CN2CCCC2)c1. The number of phenols is 1. The van der Waals surface area contributed by atoms with Gasteiger partial charge >= 0.3 is 0 Å². The summed E-state index contributed by atoms with van der Waals surface area (Å²) < 4.78 is 5.23. The van der Waals surface area contributed by atoms with Crippen molar-refractivity contribution in [2.45, 2.75) is 32.7 Å². The molecule has 1 saturated heterocycles. The van der Waals surface area contributed by atoms with Crippen molar-refractivity contribution in [3.63, 3.8) is 0 Å². The Morgan fingerprint density at radius 3 is 2.67 bits per heavy atom. The minimum Gasteiger partial charge on any atom is -0.508 e. The minimum absolute atomic E-state index is 0.112. The minimum atomic E-state index is 0.112. The fraction of sp³-hybridized carbons (Fsp3) is 0.647. The molecule has 1 heterocycles. The summed E-state index contributed by atoms with van der Waals surface area (Å²) in [5.41, 5.74) is 0.891. The molecular formula is C17H28N2O2. The van der Waals surface area contributed by atoms with Crippen LogP contribution in [0.2, 0.25) is 0 Å². The molecule has 1 aliphatic rings. The Hall–Kier alpha value is -1.26. The molecule has 4 nitrogen and oxygen atoms in total. The second-order valence-electron chi connectivity index (χ2n) is 6.17. The van der Waals surface area contributed by atoms with Gasteiger partial charge in [0.05, 0.1) is 7.11 Å². The Balaban J connectivity index is 1.84. The van der Waals surface area contributed by atoms with Crippen LogP contribution in [0.5, 0.6) is 11.5 Å². The number of benzene rings is 1. The van der Waals surface area contributed by atoms with Gasteiger partial charge in [0.2, 0.25) is 0 Å². The number of hydrogen-bond donors (Lipinski definition) is 2. The maximum absolute atomic E-state index is 9.99. The smallest absolute Gasteiger partial charge is 0.120 e. The highest BCUT2D eigenvalue weighted by atomic mass is 16.5. The van der Waals surface area contributed by atoms with Crippen molar-refractivity contribution in [2.24, 2.45) is 5.92 Å². The molecule has 1 aliphatic heterocycles. The lowest BCUT2D eigenvalue weighted by Crippen LogP contribution is -2.32. The number of hydrogen-bond acceptors (Lipinski definition) is 4. The van der Waals surface area contributed by atoms with Crippen LogP contribution in [0.15, 0.2) is 18.2 Å². The van der Waals surface area contributed by atoms with Crippen LogP contribution in [0.3, 0.4) is 0 Å². The topological polar surface area (TPSA) is 44.7 Å². The Morgan fingerprint density at radius 2 is 2.00 bits per heavy atom. The average Bonchev–Trinajstić information content (AvgIpc) is 2.98. The van der Waals surface area contributed by atoms with Gasteiger partial charge in [-0.2, -0.15) is 0 Å². The molecule has 4 heteroatoms. The molecular weight excluding hydrogens is 264 g/mol. The predicted molar refractivity (Wildman–Crippen MR) is 85.9 cm³/mol. The van der Waals surface area contributed by atoms with Gasteiger partial charge in [-0.3, -0.25) is 0 Å². The lowest BCUT2D eigenvalue weighted by Gasteiger charge is -2.23. The van der Waals surface area contributed by atoms with Gasteiger partial charge < -0.3 is 20.1 Å². The van der Waals surface area contributed by atoms with E-state index in [1.165, 1.54) is 25.9 Å². The van der Waals surface area contributed by atoms with E-state index in [1.807, 2.05) is 6.07 Å². The zero-order valence-corrected chi connectivity index (χ0v) is 13.4. The second kappa shape index (κ2) is 7.66. The maximum atomic E-state index is 9.99. The molecule has 2 atom stereocenters. The summed E-state index contributed by atoms with van der Waals surface area (Å²) in [6.07, 6.45) is 2.68. The van der Waals surface area contributed by atoms with Crippen molar-refractivity contribution in [1.82, 2.24) is 10.2 Å². The normalized spacial score (nSPS) is 18.6. The third-order valence-electron chi connectivity index (χ3n) is 4.24. The van der Waals surface area contributed by atoms with E-state index in [-0.39, 0.29) is 6.04 Å². The van der Waals surface area contributed by atoms with Gasteiger partial charge in [-0.1, -0.05) is 6.92 Å². The van der Waals surface area contributed by atoms with Gasteiger partial charge in [0, 0.05) is 18.2 Å². The third-order valence-corrected chi connectivity index (χ3v) is 4.24. The summed E-state index contributed by atoms with van der Waals surface area (Å²) in [7, 11) is 1.65. The molecule has 118 valence electrons. The first-order valence-electron chi connectivity index (χ1n) is 7.92. The molecule has 0 spiro atoms. The second-order valence-corrected chi connectivity index (χ2v) is 6.17. The van der Waals surface area contributed by atoms with Gasteiger partial charge in [0.15, 0.2) is 0 Å². The third kappa shape index (κ3) is 4.61. The van der Waals surface area contributed by atoms with Gasteiger partial charge in [0.1, 0.15) is 11.5 Å². The lowest BCUT2D eigenvalue weighted by molar-refractivity contribution is 0.278. The summed E-state index contributed by atoms with van der Waals surface area (Å²) in [6.45, 7) is 8.96. The van der Waals surface area contributed by atoms with E-state index in [1.54, 1.807) is 19.2 Å². The molecule has 2 N–H and O–H groups in total. The van der Waals surface area contributed by atoms with E-state index >= 15 is 0 Å². The van der Waals surface area contributed by atoms with Crippen LogP contribution in [-0.4, -0.2) is 43.3 Å². The lowest BCUT2D eigenvalue weighted by atomic mass is 10.1. The van der Waals surface area contributed by atoms with Gasteiger partial charge in [-0.25, -0.2) is 0 Å². The highest BCUT2D eigenvalue weighted by Crippen LogP contribution is 2.28. The molecule has 0 bridgehead atoms. The zero-order chi connectivity index (χ0) is 15.2. The fourth-order valence-corrected chi connectivity index (χ4v) is 2.96. The number of ether oxygens (including phenoxy) is 1. The first-order chi connectivity index (χ1) is 10.1. The van der Waals surface area contributed by atoms with E-state index in [0.29, 0.717) is 11.7 Å². The molecule has 1 fully saturated rings. The Bertz CT molecular complexity index is 444. The summed E-state index contributed by atoms with van der Waals surface area (Å²) >= 11 is 0. The summed E-state index contributed by atoms with van der Waals surface area (Å²) in [5, 5.41) is 13.5. The molecule has 2 rings (SSSR count). The number of nitrogens with zero attached hydrogens (tertiary/aromatic N) is 1. The summed E-state index contributed by atoms with van der Waals surface area (Å²) in [4.78, 5) is 2.54. The average molecular weight is 292 g/mol. The number of nitrogens with one attached hydrogen (secondary N) is 1. The molecule has 21 heavy (non-hydrogen) atoms.